The molecular formula is C17H30O5Si. The molecule has 2 saturated heterocycles. The highest BCUT2D eigenvalue weighted by Gasteiger charge is 2.60. The Balaban J connectivity index is 2.20. The third-order valence-electron chi connectivity index (χ3n) is 5.09. The fraction of sp³-hybridized carbons (Fsp3) is 0.824. The number of carbonyl (C=O) groups excluding carboxylic acids is 1. The van der Waals surface area contributed by atoms with Crippen molar-refractivity contribution in [2.75, 3.05) is 6.61 Å². The zero-order valence-corrected chi connectivity index (χ0v) is 16.6. The summed E-state index contributed by atoms with van der Waals surface area (Å²) in [5, 5.41) is 0.120. The molecule has 0 aromatic carbocycles. The van der Waals surface area contributed by atoms with Crippen LogP contribution in [0.2, 0.25) is 18.1 Å². The lowest BCUT2D eigenvalue weighted by Crippen LogP contribution is -2.50. The minimum Gasteiger partial charge on any atom is -0.484 e. The summed E-state index contributed by atoms with van der Waals surface area (Å²) in [5.41, 5.74) is -0.664. The van der Waals surface area contributed by atoms with Crippen LogP contribution in [0.25, 0.3) is 0 Å². The second-order valence-electron chi connectivity index (χ2n) is 8.65. The number of rotatable bonds is 4. The molecule has 5 nitrogen and oxygen atoms in total. The Labute approximate surface area is 140 Å². The Morgan fingerprint density at radius 1 is 1.22 bits per heavy atom. The van der Waals surface area contributed by atoms with Gasteiger partial charge in [0.15, 0.2) is 19.7 Å². The number of ether oxygens (including phenoxy) is 3. The van der Waals surface area contributed by atoms with Gasteiger partial charge in [-0.25, -0.2) is 0 Å². The number of fused-ring (bicyclic) bond motifs is 1. The lowest BCUT2D eigenvalue weighted by molar-refractivity contribution is -0.186. The Kier molecular flexibility index (Phi) is 4.61. The van der Waals surface area contributed by atoms with E-state index in [-0.39, 0.29) is 17.2 Å². The summed E-state index contributed by atoms with van der Waals surface area (Å²) in [6.07, 6.45) is 1.50. The maximum atomic E-state index is 10.9. The highest BCUT2D eigenvalue weighted by Crippen LogP contribution is 2.47. The van der Waals surface area contributed by atoms with Crippen molar-refractivity contribution in [3.63, 3.8) is 0 Å². The van der Waals surface area contributed by atoms with Gasteiger partial charge in [-0.3, -0.25) is 4.79 Å². The van der Waals surface area contributed by atoms with Crippen molar-refractivity contribution in [2.45, 2.75) is 83.3 Å². The van der Waals surface area contributed by atoms with E-state index in [2.05, 4.69) is 33.9 Å². The van der Waals surface area contributed by atoms with Gasteiger partial charge in [0.1, 0.15) is 24.3 Å². The molecule has 0 aromatic heterocycles. The highest BCUT2D eigenvalue weighted by molar-refractivity contribution is 6.74. The van der Waals surface area contributed by atoms with E-state index in [1.54, 1.807) is 0 Å². The molecule has 0 aromatic rings. The highest BCUT2D eigenvalue weighted by atomic mass is 28.4. The smallest absolute Gasteiger partial charge is 0.192 e. The largest absolute Gasteiger partial charge is 0.484 e. The number of hydrogen-bond donors (Lipinski definition) is 0. The van der Waals surface area contributed by atoms with Gasteiger partial charge in [0.25, 0.3) is 0 Å². The molecule has 0 radical (unpaired) electrons. The fourth-order valence-electron chi connectivity index (χ4n) is 2.65. The predicted molar refractivity (Wildman–Crippen MR) is 90.6 cm³/mol. The zero-order valence-electron chi connectivity index (χ0n) is 15.6. The second-order valence-corrected chi connectivity index (χ2v) is 13.5. The Hall–Kier alpha value is -0.693. The number of carbonyl (C=O) groups is 1. The number of allylic oxidation sites excluding steroid dienone is 1. The Morgan fingerprint density at radius 2 is 1.83 bits per heavy atom. The molecule has 2 aliphatic rings. The van der Waals surface area contributed by atoms with Gasteiger partial charge >= 0.3 is 0 Å². The molecule has 2 rings (SSSR count). The van der Waals surface area contributed by atoms with Crippen LogP contribution in [0.4, 0.5) is 0 Å². The van der Waals surface area contributed by atoms with E-state index in [0.717, 1.165) is 6.29 Å². The van der Waals surface area contributed by atoms with Gasteiger partial charge in [-0.05, 0) is 38.9 Å². The first-order valence-electron chi connectivity index (χ1n) is 8.15. The molecule has 0 amide bonds. The van der Waals surface area contributed by atoms with Crippen molar-refractivity contribution < 1.29 is 23.4 Å². The Bertz CT molecular complexity index is 506. The van der Waals surface area contributed by atoms with E-state index >= 15 is 0 Å². The fourth-order valence-corrected chi connectivity index (χ4v) is 3.73. The first-order valence-corrected chi connectivity index (χ1v) is 11.1. The maximum absolute atomic E-state index is 10.9. The molecule has 0 bridgehead atoms. The second kappa shape index (κ2) is 5.69. The molecule has 2 aliphatic heterocycles. The quantitative estimate of drug-likeness (QED) is 0.445. The van der Waals surface area contributed by atoms with Crippen molar-refractivity contribution in [2.24, 2.45) is 0 Å². The average molecular weight is 343 g/mol. The summed E-state index contributed by atoms with van der Waals surface area (Å²) in [6.45, 7) is 17.2. The van der Waals surface area contributed by atoms with E-state index < -0.39 is 19.7 Å². The van der Waals surface area contributed by atoms with Crippen LogP contribution in [0.15, 0.2) is 11.8 Å². The predicted octanol–water partition coefficient (Wildman–Crippen LogP) is 3.40. The van der Waals surface area contributed by atoms with Crippen molar-refractivity contribution in [1.82, 2.24) is 0 Å². The lowest BCUT2D eigenvalue weighted by Gasteiger charge is -2.39. The zero-order chi connectivity index (χ0) is 17.7. The molecule has 132 valence electrons. The molecule has 0 saturated carbocycles. The van der Waals surface area contributed by atoms with E-state index in [0.29, 0.717) is 12.4 Å². The van der Waals surface area contributed by atoms with E-state index in [9.17, 15) is 4.79 Å². The molecule has 0 unspecified atom stereocenters. The normalized spacial score (nSPS) is 35.2. The first kappa shape index (κ1) is 18.6. The number of hydrogen-bond acceptors (Lipinski definition) is 5. The monoisotopic (exact) mass is 342 g/mol. The van der Waals surface area contributed by atoms with Crippen LogP contribution in [0, 0.1) is 0 Å². The van der Waals surface area contributed by atoms with Crippen molar-refractivity contribution >= 4 is 14.6 Å². The van der Waals surface area contributed by atoms with Crippen molar-refractivity contribution in [3.8, 4) is 0 Å². The van der Waals surface area contributed by atoms with Crippen LogP contribution < -0.4 is 0 Å². The van der Waals surface area contributed by atoms with Crippen LogP contribution in [-0.4, -0.2) is 44.8 Å². The van der Waals surface area contributed by atoms with Gasteiger partial charge in [0.05, 0.1) is 6.61 Å². The van der Waals surface area contributed by atoms with E-state index in [4.69, 9.17) is 18.6 Å². The van der Waals surface area contributed by atoms with Gasteiger partial charge in [-0.15, -0.1) is 0 Å². The van der Waals surface area contributed by atoms with Crippen LogP contribution in [0.5, 0.6) is 0 Å². The van der Waals surface area contributed by atoms with Crippen LogP contribution in [-0.2, 0) is 23.4 Å². The summed E-state index contributed by atoms with van der Waals surface area (Å²) in [7, 11) is -1.90. The van der Waals surface area contributed by atoms with E-state index in [1.807, 2.05) is 20.8 Å². The standard InChI is InChI=1S/C17H30O5Si/c1-15(2,3)23(7,8)19-11-17(6)14-13(12(20-17)9-10-18)21-16(4,5)22-14/h9-10,13-14H,11H2,1-8H3/b12-9-/t13-,14-,17+/m0/s1. The molecule has 0 spiro atoms. The molecule has 2 heterocycles. The van der Waals surface area contributed by atoms with Gasteiger partial charge in [-0.1, -0.05) is 20.8 Å². The summed E-state index contributed by atoms with van der Waals surface area (Å²) in [5.74, 6) is -0.170. The van der Waals surface area contributed by atoms with Gasteiger partial charge in [0.2, 0.25) is 0 Å². The first-order chi connectivity index (χ1) is 10.3. The molecule has 0 aliphatic carbocycles. The molecule has 6 heteroatoms. The number of aldehydes is 1. The SMILES string of the molecule is CC1(C)O[C@H]2/C(=C/C=O)O[C@](C)(CO[Si](C)(C)C(C)(C)C)[C@H]2O1. The van der Waals surface area contributed by atoms with Crippen LogP contribution in [0.3, 0.4) is 0 Å². The Morgan fingerprint density at radius 3 is 2.35 bits per heavy atom. The lowest BCUT2D eigenvalue weighted by atomic mass is 9.98. The third kappa shape index (κ3) is 3.55. The van der Waals surface area contributed by atoms with Crippen LogP contribution >= 0.6 is 0 Å². The molecule has 3 atom stereocenters. The summed E-state index contributed by atoms with van der Waals surface area (Å²) >= 11 is 0. The summed E-state index contributed by atoms with van der Waals surface area (Å²) < 4.78 is 24.3. The van der Waals surface area contributed by atoms with Crippen molar-refractivity contribution in [3.05, 3.63) is 11.8 Å². The van der Waals surface area contributed by atoms with Gasteiger partial charge in [-0.2, -0.15) is 0 Å². The molecule has 0 N–H and O–H groups in total. The van der Waals surface area contributed by atoms with Crippen LogP contribution in [0.1, 0.15) is 41.5 Å². The maximum Gasteiger partial charge on any atom is 0.192 e. The third-order valence-corrected chi connectivity index (χ3v) is 9.57. The minimum absolute atomic E-state index is 0.120. The topological polar surface area (TPSA) is 54.0 Å². The molecule has 23 heavy (non-hydrogen) atoms. The van der Waals surface area contributed by atoms with E-state index in [1.165, 1.54) is 6.08 Å². The van der Waals surface area contributed by atoms with Gasteiger partial charge < -0.3 is 18.6 Å². The summed E-state index contributed by atoms with van der Waals surface area (Å²) in [6, 6.07) is 0. The molecular weight excluding hydrogens is 312 g/mol. The average Bonchev–Trinajstić information content (AvgIpc) is 2.82. The minimum atomic E-state index is -1.90. The van der Waals surface area contributed by atoms with Gasteiger partial charge in [0, 0.05) is 6.08 Å². The summed E-state index contributed by atoms with van der Waals surface area (Å²) in [4.78, 5) is 10.9. The van der Waals surface area contributed by atoms with Crippen molar-refractivity contribution in [1.29, 1.82) is 0 Å². The molecule has 2 fully saturated rings.